The van der Waals surface area contributed by atoms with E-state index in [1.807, 2.05) is 79.7 Å². The normalized spacial score (nSPS) is 10.8. The Morgan fingerprint density at radius 1 is 1.00 bits per heavy atom. The minimum absolute atomic E-state index is 0.0541. The van der Waals surface area contributed by atoms with E-state index in [1.165, 1.54) is 0 Å². The Balaban J connectivity index is 1.55. The second-order valence-corrected chi connectivity index (χ2v) is 6.28. The van der Waals surface area contributed by atoms with Crippen LogP contribution in [0.25, 0.3) is 22.6 Å². The maximum Gasteiger partial charge on any atom is 0.228 e. The van der Waals surface area contributed by atoms with Crippen molar-refractivity contribution in [2.45, 2.75) is 13.3 Å². The zero-order valence-electron chi connectivity index (χ0n) is 14.4. The lowest BCUT2D eigenvalue weighted by Gasteiger charge is -2.06. The molecular weight excluding hydrogens is 324 g/mol. The molecule has 0 spiro atoms. The number of aryl methyl sites for hydroxylation is 1. The van der Waals surface area contributed by atoms with E-state index in [4.69, 9.17) is 4.42 Å². The third kappa shape index (κ3) is 3.49. The van der Waals surface area contributed by atoms with Crippen LogP contribution in [0.15, 0.2) is 77.2 Å². The summed E-state index contributed by atoms with van der Waals surface area (Å²) in [5.41, 5.74) is 5.26. The van der Waals surface area contributed by atoms with Crippen LogP contribution in [0.5, 0.6) is 0 Å². The smallest absolute Gasteiger partial charge is 0.228 e. The molecule has 1 N–H and O–H groups in total. The van der Waals surface area contributed by atoms with E-state index in [0.717, 1.165) is 33.5 Å². The summed E-state index contributed by atoms with van der Waals surface area (Å²) in [6.07, 6.45) is 0.341. The molecule has 4 rings (SSSR count). The predicted octanol–water partition coefficient (Wildman–Crippen LogP) is 4.98. The molecule has 4 aromatic rings. The summed E-state index contributed by atoms with van der Waals surface area (Å²) in [5, 5.41) is 2.94. The third-order valence-corrected chi connectivity index (χ3v) is 4.14. The molecule has 26 heavy (non-hydrogen) atoms. The van der Waals surface area contributed by atoms with Gasteiger partial charge in [-0.05, 0) is 48.4 Å². The van der Waals surface area contributed by atoms with Crippen LogP contribution in [0.1, 0.15) is 11.1 Å². The highest BCUT2D eigenvalue weighted by molar-refractivity contribution is 5.92. The van der Waals surface area contributed by atoms with Gasteiger partial charge in [0.1, 0.15) is 5.52 Å². The van der Waals surface area contributed by atoms with E-state index in [1.54, 1.807) is 0 Å². The summed E-state index contributed by atoms with van der Waals surface area (Å²) < 4.78 is 5.84. The van der Waals surface area contributed by atoms with Gasteiger partial charge in [0.05, 0.1) is 6.42 Å². The standard InChI is InChI=1S/C22H18N2O2/c1-15-10-11-20-19(12-15)24-22(26-20)17-8-5-9-18(14-17)23-21(25)13-16-6-3-2-4-7-16/h2-12,14H,13H2,1H3,(H,23,25). The number of carbonyl (C=O) groups excluding carboxylic acids is 1. The Morgan fingerprint density at radius 3 is 2.69 bits per heavy atom. The van der Waals surface area contributed by atoms with Crippen LogP contribution < -0.4 is 5.32 Å². The van der Waals surface area contributed by atoms with Crippen molar-refractivity contribution >= 4 is 22.7 Å². The van der Waals surface area contributed by atoms with Gasteiger partial charge in [0.25, 0.3) is 0 Å². The van der Waals surface area contributed by atoms with Crippen molar-refractivity contribution in [1.82, 2.24) is 4.98 Å². The molecule has 3 aromatic carbocycles. The second kappa shape index (κ2) is 6.84. The molecule has 0 aliphatic carbocycles. The van der Waals surface area contributed by atoms with Gasteiger partial charge in [-0.15, -0.1) is 0 Å². The van der Waals surface area contributed by atoms with E-state index in [2.05, 4.69) is 10.3 Å². The first-order valence-electron chi connectivity index (χ1n) is 8.49. The van der Waals surface area contributed by atoms with Crippen molar-refractivity contribution in [2.75, 3.05) is 5.32 Å². The van der Waals surface area contributed by atoms with Crippen LogP contribution >= 0.6 is 0 Å². The molecule has 0 radical (unpaired) electrons. The van der Waals surface area contributed by atoms with Gasteiger partial charge in [0, 0.05) is 11.3 Å². The fourth-order valence-corrected chi connectivity index (χ4v) is 2.88. The lowest BCUT2D eigenvalue weighted by molar-refractivity contribution is -0.115. The number of rotatable bonds is 4. The molecule has 1 amide bonds. The van der Waals surface area contributed by atoms with E-state index in [-0.39, 0.29) is 5.91 Å². The quantitative estimate of drug-likeness (QED) is 0.569. The molecular formula is C22H18N2O2. The van der Waals surface area contributed by atoms with Gasteiger partial charge >= 0.3 is 0 Å². The number of hydrogen-bond donors (Lipinski definition) is 1. The predicted molar refractivity (Wildman–Crippen MR) is 103 cm³/mol. The average Bonchev–Trinajstić information content (AvgIpc) is 3.06. The Morgan fingerprint density at radius 2 is 1.85 bits per heavy atom. The van der Waals surface area contributed by atoms with Gasteiger partial charge in [-0.1, -0.05) is 42.5 Å². The fourth-order valence-electron chi connectivity index (χ4n) is 2.88. The molecule has 0 saturated heterocycles. The Bertz CT molecular complexity index is 1070. The average molecular weight is 342 g/mol. The molecule has 4 nitrogen and oxygen atoms in total. The largest absolute Gasteiger partial charge is 0.436 e. The van der Waals surface area contributed by atoms with Crippen LogP contribution in [0.4, 0.5) is 5.69 Å². The number of oxazole rings is 1. The molecule has 0 fully saturated rings. The maximum atomic E-state index is 12.3. The monoisotopic (exact) mass is 342 g/mol. The van der Waals surface area contributed by atoms with E-state index < -0.39 is 0 Å². The van der Waals surface area contributed by atoms with Gasteiger partial charge in [0.2, 0.25) is 11.8 Å². The first kappa shape index (κ1) is 16.1. The molecule has 0 aliphatic heterocycles. The molecule has 1 heterocycles. The van der Waals surface area contributed by atoms with Gasteiger partial charge < -0.3 is 9.73 Å². The van der Waals surface area contributed by atoms with Gasteiger partial charge in [-0.25, -0.2) is 4.98 Å². The molecule has 0 bridgehead atoms. The van der Waals surface area contributed by atoms with Crippen molar-refractivity contribution in [3.8, 4) is 11.5 Å². The molecule has 1 aromatic heterocycles. The number of fused-ring (bicyclic) bond motifs is 1. The summed E-state index contributed by atoms with van der Waals surface area (Å²) in [5.74, 6) is 0.492. The Hall–Kier alpha value is -3.40. The molecule has 0 aliphatic rings. The first-order valence-corrected chi connectivity index (χ1v) is 8.49. The lowest BCUT2D eigenvalue weighted by atomic mass is 10.1. The maximum absolute atomic E-state index is 12.3. The van der Waals surface area contributed by atoms with Crippen LogP contribution in [-0.2, 0) is 11.2 Å². The number of benzene rings is 3. The van der Waals surface area contributed by atoms with Crippen molar-refractivity contribution in [1.29, 1.82) is 0 Å². The number of hydrogen-bond acceptors (Lipinski definition) is 3. The van der Waals surface area contributed by atoms with Crippen LogP contribution in [0.3, 0.4) is 0 Å². The Labute approximate surface area is 151 Å². The first-order chi connectivity index (χ1) is 12.7. The topological polar surface area (TPSA) is 55.1 Å². The summed E-state index contributed by atoms with van der Waals surface area (Å²) in [6.45, 7) is 2.02. The highest BCUT2D eigenvalue weighted by Gasteiger charge is 2.10. The molecule has 128 valence electrons. The zero-order chi connectivity index (χ0) is 17.9. The summed E-state index contributed by atoms with van der Waals surface area (Å²) in [7, 11) is 0. The van der Waals surface area contributed by atoms with Crippen molar-refractivity contribution in [3.63, 3.8) is 0 Å². The number of nitrogens with zero attached hydrogens (tertiary/aromatic N) is 1. The molecule has 0 unspecified atom stereocenters. The molecule has 0 saturated carbocycles. The van der Waals surface area contributed by atoms with Gasteiger partial charge in [-0.2, -0.15) is 0 Å². The van der Waals surface area contributed by atoms with Gasteiger partial charge in [-0.3, -0.25) is 4.79 Å². The second-order valence-electron chi connectivity index (χ2n) is 6.28. The van der Waals surface area contributed by atoms with Crippen molar-refractivity contribution in [3.05, 3.63) is 83.9 Å². The van der Waals surface area contributed by atoms with Crippen molar-refractivity contribution in [2.24, 2.45) is 0 Å². The van der Waals surface area contributed by atoms with Gasteiger partial charge in [0.15, 0.2) is 5.58 Å². The van der Waals surface area contributed by atoms with E-state index >= 15 is 0 Å². The minimum atomic E-state index is -0.0541. The van der Waals surface area contributed by atoms with Crippen molar-refractivity contribution < 1.29 is 9.21 Å². The summed E-state index contributed by atoms with van der Waals surface area (Å²) >= 11 is 0. The number of carbonyl (C=O) groups is 1. The highest BCUT2D eigenvalue weighted by Crippen LogP contribution is 2.26. The van der Waals surface area contributed by atoms with E-state index in [0.29, 0.717) is 12.3 Å². The summed E-state index contributed by atoms with van der Waals surface area (Å²) in [6, 6.07) is 23.1. The van der Waals surface area contributed by atoms with E-state index in [9.17, 15) is 4.79 Å². The number of aromatic nitrogens is 1. The van der Waals surface area contributed by atoms with Crippen LogP contribution in [0, 0.1) is 6.92 Å². The van der Waals surface area contributed by atoms with Crippen LogP contribution in [0.2, 0.25) is 0 Å². The summed E-state index contributed by atoms with van der Waals surface area (Å²) in [4.78, 5) is 16.8. The molecule has 4 heteroatoms. The number of amides is 1. The molecule has 0 atom stereocenters. The number of anilines is 1. The Kier molecular flexibility index (Phi) is 4.23. The lowest BCUT2D eigenvalue weighted by Crippen LogP contribution is -2.14. The fraction of sp³-hybridized carbons (Fsp3) is 0.0909. The van der Waals surface area contributed by atoms with Crippen LogP contribution in [-0.4, -0.2) is 10.9 Å². The SMILES string of the molecule is Cc1ccc2oc(-c3cccc(NC(=O)Cc4ccccc4)c3)nc2c1. The zero-order valence-corrected chi connectivity index (χ0v) is 14.4. The number of nitrogens with one attached hydrogen (secondary N) is 1. The highest BCUT2D eigenvalue weighted by atomic mass is 16.3. The minimum Gasteiger partial charge on any atom is -0.436 e. The third-order valence-electron chi connectivity index (χ3n) is 4.14.